The normalized spacial score (nSPS) is 12.2. The molecule has 4 heteroatoms. The van der Waals surface area contributed by atoms with E-state index in [9.17, 15) is 0 Å². The fraction of sp³-hybridized carbons (Fsp3) is 0.583. The summed E-state index contributed by atoms with van der Waals surface area (Å²) in [5, 5.41) is 3.19. The number of nitrogens with zero attached hydrogens (tertiary/aromatic N) is 1. The monoisotopic (exact) mass is 224 g/mol. The van der Waals surface area contributed by atoms with E-state index in [0.717, 1.165) is 18.0 Å². The second kappa shape index (κ2) is 7.06. The van der Waals surface area contributed by atoms with Gasteiger partial charge in [0.1, 0.15) is 11.9 Å². The third kappa shape index (κ3) is 4.49. The summed E-state index contributed by atoms with van der Waals surface area (Å²) in [6.45, 7) is 8.19. The summed E-state index contributed by atoms with van der Waals surface area (Å²) < 4.78 is 11.0. The Morgan fingerprint density at radius 3 is 2.88 bits per heavy atom. The van der Waals surface area contributed by atoms with Crippen molar-refractivity contribution in [1.29, 1.82) is 0 Å². The molecule has 0 aromatic carbocycles. The average Bonchev–Trinajstić information content (AvgIpc) is 2.27. The van der Waals surface area contributed by atoms with Gasteiger partial charge in [0.25, 0.3) is 0 Å². The van der Waals surface area contributed by atoms with Crippen molar-refractivity contribution in [2.24, 2.45) is 0 Å². The van der Waals surface area contributed by atoms with Crippen LogP contribution in [-0.4, -0.2) is 30.8 Å². The smallest absolute Gasteiger partial charge is 0.140 e. The Kier molecular flexibility index (Phi) is 5.64. The Hall–Kier alpha value is -1.29. The molecule has 1 rings (SSSR count). The number of pyridine rings is 1. The maximum atomic E-state index is 5.68. The Morgan fingerprint density at radius 1 is 1.38 bits per heavy atom. The summed E-state index contributed by atoms with van der Waals surface area (Å²) in [6.07, 6.45) is 3.53. The third-order valence-electron chi connectivity index (χ3n) is 1.99. The predicted molar refractivity (Wildman–Crippen MR) is 65.0 cm³/mol. The fourth-order valence-corrected chi connectivity index (χ4v) is 1.33. The largest absolute Gasteiger partial charge is 0.487 e. The molecule has 4 nitrogen and oxygen atoms in total. The molecule has 1 aromatic rings. The second-order valence-electron chi connectivity index (χ2n) is 3.53. The summed E-state index contributed by atoms with van der Waals surface area (Å²) in [7, 11) is 0. The standard InChI is InChI=1S/C12H20N2O2/c1-4-14-11-6-12(8-13-7-11)16-10(3)9-15-5-2/h6-8,10,14H,4-5,9H2,1-3H3. The molecule has 1 aromatic heterocycles. The van der Waals surface area contributed by atoms with Crippen LogP contribution in [0.5, 0.6) is 5.75 Å². The van der Waals surface area contributed by atoms with Crippen LogP contribution in [0.4, 0.5) is 5.69 Å². The molecule has 0 amide bonds. The molecule has 0 aliphatic carbocycles. The van der Waals surface area contributed by atoms with Gasteiger partial charge in [0.15, 0.2) is 0 Å². The topological polar surface area (TPSA) is 43.4 Å². The number of hydrogen-bond donors (Lipinski definition) is 1. The van der Waals surface area contributed by atoms with Crippen molar-refractivity contribution in [1.82, 2.24) is 4.98 Å². The van der Waals surface area contributed by atoms with E-state index in [1.54, 1.807) is 12.4 Å². The quantitative estimate of drug-likeness (QED) is 0.772. The molecule has 16 heavy (non-hydrogen) atoms. The first-order chi connectivity index (χ1) is 7.76. The predicted octanol–water partition coefficient (Wildman–Crippen LogP) is 2.32. The van der Waals surface area contributed by atoms with Gasteiger partial charge in [0.2, 0.25) is 0 Å². The van der Waals surface area contributed by atoms with Crippen molar-refractivity contribution in [3.63, 3.8) is 0 Å². The van der Waals surface area contributed by atoms with E-state index in [2.05, 4.69) is 10.3 Å². The molecule has 0 saturated carbocycles. The molecule has 0 aliphatic rings. The van der Waals surface area contributed by atoms with Crippen LogP contribution in [0.25, 0.3) is 0 Å². The van der Waals surface area contributed by atoms with Gasteiger partial charge >= 0.3 is 0 Å². The third-order valence-corrected chi connectivity index (χ3v) is 1.99. The summed E-state index contributed by atoms with van der Waals surface area (Å²) in [5.41, 5.74) is 0.976. The van der Waals surface area contributed by atoms with E-state index in [0.29, 0.717) is 13.2 Å². The SMILES string of the molecule is CCNc1cncc(OC(C)COCC)c1. The highest BCUT2D eigenvalue weighted by Gasteiger charge is 2.04. The number of rotatable bonds is 7. The van der Waals surface area contributed by atoms with Crippen LogP contribution in [0, 0.1) is 0 Å². The van der Waals surface area contributed by atoms with Crippen LogP contribution in [0.2, 0.25) is 0 Å². The van der Waals surface area contributed by atoms with Crippen LogP contribution >= 0.6 is 0 Å². The zero-order valence-corrected chi connectivity index (χ0v) is 10.2. The molecule has 0 fully saturated rings. The fourth-order valence-electron chi connectivity index (χ4n) is 1.33. The van der Waals surface area contributed by atoms with E-state index >= 15 is 0 Å². The zero-order chi connectivity index (χ0) is 11.8. The van der Waals surface area contributed by atoms with Gasteiger partial charge in [-0.25, -0.2) is 0 Å². The molecule has 0 spiro atoms. The molecule has 0 bridgehead atoms. The van der Waals surface area contributed by atoms with Crippen molar-refractivity contribution in [2.75, 3.05) is 25.1 Å². The molecule has 1 N–H and O–H groups in total. The van der Waals surface area contributed by atoms with Gasteiger partial charge in [0, 0.05) is 19.2 Å². The molecular formula is C12H20N2O2. The van der Waals surface area contributed by atoms with Crippen LogP contribution in [-0.2, 0) is 4.74 Å². The first kappa shape index (κ1) is 12.8. The minimum Gasteiger partial charge on any atom is -0.487 e. The Balaban J connectivity index is 2.49. The molecule has 0 radical (unpaired) electrons. The van der Waals surface area contributed by atoms with Gasteiger partial charge in [-0.2, -0.15) is 0 Å². The molecule has 90 valence electrons. The van der Waals surface area contributed by atoms with E-state index in [1.165, 1.54) is 0 Å². The van der Waals surface area contributed by atoms with Crippen LogP contribution in [0.3, 0.4) is 0 Å². The van der Waals surface area contributed by atoms with E-state index in [1.807, 2.05) is 26.8 Å². The average molecular weight is 224 g/mol. The van der Waals surface area contributed by atoms with E-state index in [-0.39, 0.29) is 6.10 Å². The lowest BCUT2D eigenvalue weighted by atomic mass is 10.3. The van der Waals surface area contributed by atoms with Crippen molar-refractivity contribution < 1.29 is 9.47 Å². The molecule has 0 saturated heterocycles. The van der Waals surface area contributed by atoms with Crippen molar-refractivity contribution in [3.8, 4) is 5.75 Å². The maximum Gasteiger partial charge on any atom is 0.140 e. The Labute approximate surface area is 97.0 Å². The lowest BCUT2D eigenvalue weighted by molar-refractivity contribution is 0.0655. The molecular weight excluding hydrogens is 204 g/mol. The summed E-state index contributed by atoms with van der Waals surface area (Å²) in [5.74, 6) is 0.769. The summed E-state index contributed by atoms with van der Waals surface area (Å²) in [6, 6.07) is 1.94. The lowest BCUT2D eigenvalue weighted by Gasteiger charge is -2.14. The van der Waals surface area contributed by atoms with Gasteiger partial charge in [-0.1, -0.05) is 0 Å². The van der Waals surface area contributed by atoms with Gasteiger partial charge in [-0.05, 0) is 20.8 Å². The van der Waals surface area contributed by atoms with Gasteiger partial charge in [-0.3, -0.25) is 4.98 Å². The molecule has 1 heterocycles. The molecule has 0 aliphatic heterocycles. The number of aromatic nitrogens is 1. The van der Waals surface area contributed by atoms with Gasteiger partial charge < -0.3 is 14.8 Å². The van der Waals surface area contributed by atoms with Crippen LogP contribution < -0.4 is 10.1 Å². The number of nitrogens with one attached hydrogen (secondary N) is 1. The maximum absolute atomic E-state index is 5.68. The lowest BCUT2D eigenvalue weighted by Crippen LogP contribution is -2.19. The highest BCUT2D eigenvalue weighted by atomic mass is 16.5. The molecule has 1 atom stereocenters. The zero-order valence-electron chi connectivity index (χ0n) is 10.2. The number of hydrogen-bond acceptors (Lipinski definition) is 4. The minimum atomic E-state index is 0.0404. The summed E-state index contributed by atoms with van der Waals surface area (Å²) in [4.78, 5) is 4.11. The van der Waals surface area contributed by atoms with Crippen LogP contribution in [0.1, 0.15) is 20.8 Å². The van der Waals surface area contributed by atoms with E-state index in [4.69, 9.17) is 9.47 Å². The van der Waals surface area contributed by atoms with Gasteiger partial charge in [-0.15, -0.1) is 0 Å². The molecule has 1 unspecified atom stereocenters. The summed E-state index contributed by atoms with van der Waals surface area (Å²) >= 11 is 0. The van der Waals surface area contributed by atoms with Crippen molar-refractivity contribution in [2.45, 2.75) is 26.9 Å². The Morgan fingerprint density at radius 2 is 2.19 bits per heavy atom. The van der Waals surface area contributed by atoms with Gasteiger partial charge in [0.05, 0.1) is 24.7 Å². The minimum absolute atomic E-state index is 0.0404. The first-order valence-corrected chi connectivity index (χ1v) is 5.69. The van der Waals surface area contributed by atoms with Crippen LogP contribution in [0.15, 0.2) is 18.5 Å². The van der Waals surface area contributed by atoms with E-state index < -0.39 is 0 Å². The number of anilines is 1. The first-order valence-electron chi connectivity index (χ1n) is 5.69. The second-order valence-corrected chi connectivity index (χ2v) is 3.53. The van der Waals surface area contributed by atoms with Crippen molar-refractivity contribution in [3.05, 3.63) is 18.5 Å². The van der Waals surface area contributed by atoms with Crippen molar-refractivity contribution >= 4 is 5.69 Å². The highest BCUT2D eigenvalue weighted by Crippen LogP contribution is 2.16. The Bertz CT molecular complexity index is 305. The number of ether oxygens (including phenoxy) is 2. The highest BCUT2D eigenvalue weighted by molar-refractivity contribution is 5.44.